The molecule has 3 rings (SSSR count). The van der Waals surface area contributed by atoms with Crippen LogP contribution < -0.4 is 0 Å². The van der Waals surface area contributed by atoms with Gasteiger partial charge in [0.15, 0.2) is 0 Å². The molecule has 7 heteroatoms. The SMILES string of the molecule is Cc1cc(CCC(=O)O)nc([C@H]2CCCN2Cc2cnn(C)c2C)n1. The third-order valence-electron chi connectivity index (χ3n) is 4.89. The van der Waals surface area contributed by atoms with Crippen molar-refractivity contribution in [3.63, 3.8) is 0 Å². The molecular weight excluding hydrogens is 318 g/mol. The predicted octanol–water partition coefficient (Wildman–Crippen LogP) is 2.18. The molecule has 0 bridgehead atoms. The summed E-state index contributed by atoms with van der Waals surface area (Å²) in [6.45, 7) is 5.88. The second-order valence-corrected chi connectivity index (χ2v) is 6.76. The van der Waals surface area contributed by atoms with Crippen LogP contribution in [-0.2, 0) is 24.8 Å². The lowest BCUT2D eigenvalue weighted by atomic mass is 10.1. The highest BCUT2D eigenvalue weighted by Gasteiger charge is 2.29. The van der Waals surface area contributed by atoms with Crippen molar-refractivity contribution in [2.24, 2.45) is 7.05 Å². The van der Waals surface area contributed by atoms with E-state index in [1.165, 1.54) is 11.3 Å². The average Bonchev–Trinajstić information content (AvgIpc) is 3.15. The Kier molecular flexibility index (Phi) is 5.13. The molecule has 0 amide bonds. The number of carbonyl (C=O) groups is 1. The number of hydrogen-bond acceptors (Lipinski definition) is 5. The van der Waals surface area contributed by atoms with E-state index < -0.39 is 5.97 Å². The Labute approximate surface area is 147 Å². The zero-order valence-corrected chi connectivity index (χ0v) is 15.1. The van der Waals surface area contributed by atoms with Crippen molar-refractivity contribution in [2.45, 2.75) is 52.1 Å². The summed E-state index contributed by atoms with van der Waals surface area (Å²) in [7, 11) is 1.96. The van der Waals surface area contributed by atoms with Gasteiger partial charge < -0.3 is 5.11 Å². The van der Waals surface area contributed by atoms with E-state index in [4.69, 9.17) is 5.11 Å². The zero-order chi connectivity index (χ0) is 18.0. The van der Waals surface area contributed by atoms with Crippen LogP contribution in [0, 0.1) is 13.8 Å². The molecular formula is C18H25N5O2. The van der Waals surface area contributed by atoms with Crippen LogP contribution in [0.1, 0.15) is 53.8 Å². The molecule has 0 aliphatic carbocycles. The van der Waals surface area contributed by atoms with Gasteiger partial charge >= 0.3 is 5.97 Å². The maximum Gasteiger partial charge on any atom is 0.303 e. The minimum absolute atomic E-state index is 0.0964. The van der Waals surface area contributed by atoms with Crippen molar-refractivity contribution >= 4 is 5.97 Å². The topological polar surface area (TPSA) is 84.1 Å². The highest BCUT2D eigenvalue weighted by molar-refractivity contribution is 5.66. The van der Waals surface area contributed by atoms with Crippen LogP contribution in [0.15, 0.2) is 12.3 Å². The molecule has 1 saturated heterocycles. The molecule has 1 N–H and O–H groups in total. The Bertz CT molecular complexity index is 771. The molecule has 25 heavy (non-hydrogen) atoms. The Balaban J connectivity index is 1.79. The number of carboxylic acids is 1. The first-order valence-electron chi connectivity index (χ1n) is 8.72. The third-order valence-corrected chi connectivity index (χ3v) is 4.89. The zero-order valence-electron chi connectivity index (χ0n) is 15.1. The van der Waals surface area contributed by atoms with Crippen molar-refractivity contribution in [3.8, 4) is 0 Å². The van der Waals surface area contributed by atoms with Gasteiger partial charge in [-0.05, 0) is 39.3 Å². The van der Waals surface area contributed by atoms with E-state index in [-0.39, 0.29) is 12.5 Å². The van der Waals surface area contributed by atoms with Crippen LogP contribution in [-0.4, -0.2) is 42.3 Å². The Morgan fingerprint density at radius 3 is 2.84 bits per heavy atom. The molecule has 0 radical (unpaired) electrons. The Morgan fingerprint density at radius 2 is 2.16 bits per heavy atom. The summed E-state index contributed by atoms with van der Waals surface area (Å²) in [5.74, 6) is 0.0202. The van der Waals surface area contributed by atoms with Crippen LogP contribution in [0.2, 0.25) is 0 Å². The van der Waals surface area contributed by atoms with Crippen LogP contribution >= 0.6 is 0 Å². The summed E-state index contributed by atoms with van der Waals surface area (Å²) in [6.07, 6.45) is 4.62. The minimum Gasteiger partial charge on any atom is -0.481 e. The van der Waals surface area contributed by atoms with Gasteiger partial charge in [-0.15, -0.1) is 0 Å². The second-order valence-electron chi connectivity index (χ2n) is 6.76. The fourth-order valence-electron chi connectivity index (χ4n) is 3.40. The van der Waals surface area contributed by atoms with E-state index in [9.17, 15) is 4.79 Å². The number of rotatable bonds is 6. The highest BCUT2D eigenvalue weighted by atomic mass is 16.4. The molecule has 0 unspecified atom stereocenters. The normalized spacial score (nSPS) is 18.0. The summed E-state index contributed by atoms with van der Waals surface area (Å²) < 4.78 is 1.90. The van der Waals surface area contributed by atoms with Crippen molar-refractivity contribution in [2.75, 3.05) is 6.54 Å². The molecule has 1 aliphatic heterocycles. The van der Waals surface area contributed by atoms with Gasteiger partial charge in [-0.2, -0.15) is 5.10 Å². The molecule has 1 fully saturated rings. The quantitative estimate of drug-likeness (QED) is 0.865. The van der Waals surface area contributed by atoms with Crippen LogP contribution in [0.25, 0.3) is 0 Å². The van der Waals surface area contributed by atoms with E-state index in [0.717, 1.165) is 43.1 Å². The summed E-state index contributed by atoms with van der Waals surface area (Å²) in [5.41, 5.74) is 4.12. The van der Waals surface area contributed by atoms with Crippen molar-refractivity contribution in [1.29, 1.82) is 0 Å². The number of nitrogens with zero attached hydrogens (tertiary/aromatic N) is 5. The predicted molar refractivity (Wildman–Crippen MR) is 93.1 cm³/mol. The standard InChI is InChI=1S/C18H25N5O2/c1-12-9-15(6-7-17(24)25)21-18(20-12)16-5-4-8-23(16)11-14-10-19-22(3)13(14)2/h9-10,16H,4-8,11H2,1-3H3,(H,24,25)/t16-/m1/s1. The van der Waals surface area contributed by atoms with Crippen LogP contribution in [0.3, 0.4) is 0 Å². The summed E-state index contributed by atoms with van der Waals surface area (Å²) >= 11 is 0. The third kappa shape index (κ3) is 4.04. The average molecular weight is 343 g/mol. The summed E-state index contributed by atoms with van der Waals surface area (Å²) in [5, 5.41) is 13.2. The lowest BCUT2D eigenvalue weighted by molar-refractivity contribution is -0.136. The Morgan fingerprint density at radius 1 is 1.36 bits per heavy atom. The van der Waals surface area contributed by atoms with Gasteiger partial charge in [0.05, 0.1) is 18.7 Å². The van der Waals surface area contributed by atoms with Gasteiger partial charge in [0, 0.05) is 42.7 Å². The van der Waals surface area contributed by atoms with Crippen LogP contribution in [0.5, 0.6) is 0 Å². The maximum absolute atomic E-state index is 10.8. The number of aromatic nitrogens is 4. The van der Waals surface area contributed by atoms with Crippen molar-refractivity contribution in [3.05, 3.63) is 40.7 Å². The van der Waals surface area contributed by atoms with E-state index in [1.807, 2.05) is 30.9 Å². The van der Waals surface area contributed by atoms with Crippen molar-refractivity contribution in [1.82, 2.24) is 24.6 Å². The van der Waals surface area contributed by atoms with E-state index in [1.54, 1.807) is 0 Å². The second kappa shape index (κ2) is 7.31. The fraction of sp³-hybridized carbons (Fsp3) is 0.556. The monoisotopic (exact) mass is 343 g/mol. The smallest absolute Gasteiger partial charge is 0.303 e. The van der Waals surface area contributed by atoms with Gasteiger partial charge in [-0.25, -0.2) is 9.97 Å². The first-order valence-corrected chi connectivity index (χ1v) is 8.72. The number of hydrogen-bond donors (Lipinski definition) is 1. The molecule has 0 saturated carbocycles. The largest absolute Gasteiger partial charge is 0.481 e. The molecule has 1 aliphatic rings. The number of aliphatic carboxylic acids is 1. The molecule has 3 heterocycles. The lowest BCUT2D eigenvalue weighted by Crippen LogP contribution is -2.25. The minimum atomic E-state index is -0.799. The molecule has 0 aromatic carbocycles. The van der Waals surface area contributed by atoms with E-state index in [2.05, 4.69) is 26.9 Å². The number of likely N-dealkylation sites (tertiary alicyclic amines) is 1. The first kappa shape index (κ1) is 17.5. The molecule has 1 atom stereocenters. The molecule has 0 spiro atoms. The fourth-order valence-corrected chi connectivity index (χ4v) is 3.40. The summed E-state index contributed by atoms with van der Waals surface area (Å²) in [4.78, 5) is 22.5. The van der Waals surface area contributed by atoms with E-state index in [0.29, 0.717) is 6.42 Å². The van der Waals surface area contributed by atoms with Crippen molar-refractivity contribution < 1.29 is 9.90 Å². The molecule has 2 aromatic rings. The highest BCUT2D eigenvalue weighted by Crippen LogP contribution is 2.32. The van der Waals surface area contributed by atoms with Gasteiger partial charge in [-0.3, -0.25) is 14.4 Å². The lowest BCUT2D eigenvalue weighted by Gasteiger charge is -2.23. The maximum atomic E-state index is 10.8. The van der Waals surface area contributed by atoms with Crippen LogP contribution in [0.4, 0.5) is 0 Å². The van der Waals surface area contributed by atoms with Gasteiger partial charge in [0.1, 0.15) is 5.82 Å². The molecule has 2 aromatic heterocycles. The molecule has 134 valence electrons. The summed E-state index contributed by atoms with van der Waals surface area (Å²) in [6, 6.07) is 2.07. The van der Waals surface area contributed by atoms with E-state index >= 15 is 0 Å². The number of aryl methyl sites for hydroxylation is 3. The van der Waals surface area contributed by atoms with Gasteiger partial charge in [-0.1, -0.05) is 0 Å². The Hall–Kier alpha value is -2.28. The molecule has 7 nitrogen and oxygen atoms in total. The van der Waals surface area contributed by atoms with Gasteiger partial charge in [0.2, 0.25) is 0 Å². The number of carboxylic acid groups (broad SMARTS) is 1. The first-order chi connectivity index (χ1) is 11.9. The van der Waals surface area contributed by atoms with Gasteiger partial charge in [0.25, 0.3) is 0 Å².